The maximum Gasteiger partial charge on any atom is 0.239 e. The molecule has 0 rings (SSSR count). The van der Waals surface area contributed by atoms with E-state index in [0.717, 1.165) is 0 Å². The zero-order valence-corrected chi connectivity index (χ0v) is 7.21. The Morgan fingerprint density at radius 3 is 2.85 bits per heavy atom. The SMILES string of the molecule is N=C(N)/C=C\NCC(=O)NCCO. The lowest BCUT2D eigenvalue weighted by atomic mass is 10.5. The predicted octanol–water partition coefficient (Wildman–Crippen LogP) is -1.87. The van der Waals surface area contributed by atoms with Crippen LogP contribution in [0.15, 0.2) is 12.3 Å². The molecule has 0 radical (unpaired) electrons. The van der Waals surface area contributed by atoms with Gasteiger partial charge < -0.3 is 21.5 Å². The third kappa shape index (κ3) is 8.35. The summed E-state index contributed by atoms with van der Waals surface area (Å²) < 4.78 is 0. The van der Waals surface area contributed by atoms with E-state index in [-0.39, 0.29) is 31.4 Å². The quantitative estimate of drug-likeness (QED) is 0.247. The fraction of sp³-hybridized carbons (Fsp3) is 0.429. The predicted molar refractivity (Wildman–Crippen MR) is 49.2 cm³/mol. The van der Waals surface area contributed by atoms with E-state index in [1.54, 1.807) is 0 Å². The molecule has 13 heavy (non-hydrogen) atoms. The number of amidine groups is 1. The van der Waals surface area contributed by atoms with Gasteiger partial charge in [0.2, 0.25) is 5.91 Å². The largest absolute Gasteiger partial charge is 0.395 e. The highest BCUT2D eigenvalue weighted by Crippen LogP contribution is 1.67. The molecule has 0 fully saturated rings. The number of aliphatic hydroxyl groups is 1. The van der Waals surface area contributed by atoms with Crippen molar-refractivity contribution in [1.82, 2.24) is 10.6 Å². The lowest BCUT2D eigenvalue weighted by molar-refractivity contribution is -0.120. The molecule has 0 saturated carbocycles. The van der Waals surface area contributed by atoms with Crippen molar-refractivity contribution in [2.75, 3.05) is 19.7 Å². The number of nitrogens with two attached hydrogens (primary N) is 1. The van der Waals surface area contributed by atoms with Gasteiger partial charge in [0.05, 0.1) is 13.2 Å². The van der Waals surface area contributed by atoms with Gasteiger partial charge in [-0.25, -0.2) is 0 Å². The highest BCUT2D eigenvalue weighted by molar-refractivity contribution is 5.88. The molecule has 74 valence electrons. The Kier molecular flexibility index (Phi) is 6.26. The topological polar surface area (TPSA) is 111 Å². The summed E-state index contributed by atoms with van der Waals surface area (Å²) >= 11 is 0. The monoisotopic (exact) mass is 186 g/mol. The van der Waals surface area contributed by atoms with Crippen LogP contribution in [0.2, 0.25) is 0 Å². The summed E-state index contributed by atoms with van der Waals surface area (Å²) in [5, 5.41) is 20.3. The van der Waals surface area contributed by atoms with Gasteiger partial charge in [0.25, 0.3) is 0 Å². The summed E-state index contributed by atoms with van der Waals surface area (Å²) in [6.45, 7) is 0.274. The molecule has 0 heterocycles. The van der Waals surface area contributed by atoms with Crippen molar-refractivity contribution in [2.45, 2.75) is 0 Å². The van der Waals surface area contributed by atoms with Crippen LogP contribution >= 0.6 is 0 Å². The molecule has 0 bridgehead atoms. The van der Waals surface area contributed by atoms with Gasteiger partial charge in [0, 0.05) is 12.7 Å². The number of carbonyl (C=O) groups excluding carboxylic acids is 1. The van der Waals surface area contributed by atoms with Crippen molar-refractivity contribution >= 4 is 11.7 Å². The zero-order chi connectivity index (χ0) is 10.1. The van der Waals surface area contributed by atoms with E-state index in [2.05, 4.69) is 10.6 Å². The first-order valence-electron chi connectivity index (χ1n) is 3.78. The van der Waals surface area contributed by atoms with Crippen molar-refractivity contribution in [3.8, 4) is 0 Å². The lowest BCUT2D eigenvalue weighted by Crippen LogP contribution is -2.33. The molecular formula is C7H14N4O2. The van der Waals surface area contributed by atoms with Crippen molar-refractivity contribution < 1.29 is 9.90 Å². The highest BCUT2D eigenvalue weighted by Gasteiger charge is 1.95. The van der Waals surface area contributed by atoms with Gasteiger partial charge in [-0.2, -0.15) is 0 Å². The van der Waals surface area contributed by atoms with Crippen molar-refractivity contribution in [3.63, 3.8) is 0 Å². The Morgan fingerprint density at radius 1 is 1.62 bits per heavy atom. The fourth-order valence-electron chi connectivity index (χ4n) is 0.558. The van der Waals surface area contributed by atoms with Crippen LogP contribution in [0.3, 0.4) is 0 Å². The minimum absolute atomic E-state index is 0.0744. The van der Waals surface area contributed by atoms with Crippen LogP contribution in [0.25, 0.3) is 0 Å². The molecule has 0 spiro atoms. The molecule has 0 atom stereocenters. The second-order valence-electron chi connectivity index (χ2n) is 2.24. The Bertz CT molecular complexity index is 203. The Labute approximate surface area is 76.3 Å². The summed E-state index contributed by atoms with van der Waals surface area (Å²) in [7, 11) is 0. The van der Waals surface area contributed by atoms with Gasteiger partial charge in [-0.1, -0.05) is 0 Å². The maximum absolute atomic E-state index is 10.8. The second kappa shape index (κ2) is 7.11. The van der Waals surface area contributed by atoms with Crippen LogP contribution in [0, 0.1) is 5.41 Å². The van der Waals surface area contributed by atoms with Crippen molar-refractivity contribution in [2.24, 2.45) is 5.73 Å². The van der Waals surface area contributed by atoms with Gasteiger partial charge >= 0.3 is 0 Å². The number of aliphatic hydroxyl groups excluding tert-OH is 1. The summed E-state index contributed by atoms with van der Waals surface area (Å²) in [5.41, 5.74) is 5.01. The molecule has 0 aromatic rings. The number of hydrogen-bond acceptors (Lipinski definition) is 4. The molecule has 0 aliphatic rings. The van der Waals surface area contributed by atoms with E-state index in [4.69, 9.17) is 16.2 Å². The molecule has 0 saturated heterocycles. The minimum Gasteiger partial charge on any atom is -0.395 e. The van der Waals surface area contributed by atoms with Crippen LogP contribution in [0.5, 0.6) is 0 Å². The molecule has 0 aromatic carbocycles. The highest BCUT2D eigenvalue weighted by atomic mass is 16.3. The van der Waals surface area contributed by atoms with E-state index in [0.29, 0.717) is 0 Å². The van der Waals surface area contributed by atoms with Gasteiger partial charge in [0.1, 0.15) is 5.84 Å². The summed E-state index contributed by atoms with van der Waals surface area (Å²) in [4.78, 5) is 10.8. The van der Waals surface area contributed by atoms with Gasteiger partial charge in [0.15, 0.2) is 0 Å². The third-order valence-electron chi connectivity index (χ3n) is 1.08. The standard InChI is InChI=1S/C7H14N4O2/c8-6(9)1-2-10-5-7(13)11-3-4-12/h1-2,10,12H,3-5H2,(H3,8,9)(H,11,13)/b2-1-. The second-order valence-corrected chi connectivity index (χ2v) is 2.24. The smallest absolute Gasteiger partial charge is 0.239 e. The molecule has 1 amide bonds. The Morgan fingerprint density at radius 2 is 2.31 bits per heavy atom. The van der Waals surface area contributed by atoms with Crippen LogP contribution in [0.4, 0.5) is 0 Å². The summed E-state index contributed by atoms with van der Waals surface area (Å²) in [5.74, 6) is -0.300. The molecule has 0 unspecified atom stereocenters. The van der Waals surface area contributed by atoms with E-state index in [1.165, 1.54) is 12.3 Å². The molecule has 0 aliphatic carbocycles. The summed E-state index contributed by atoms with van der Waals surface area (Å²) in [6, 6.07) is 0. The maximum atomic E-state index is 10.8. The van der Waals surface area contributed by atoms with Crippen LogP contribution in [0.1, 0.15) is 0 Å². The third-order valence-corrected chi connectivity index (χ3v) is 1.08. The van der Waals surface area contributed by atoms with Crippen molar-refractivity contribution in [3.05, 3.63) is 12.3 Å². The molecular weight excluding hydrogens is 172 g/mol. The average Bonchev–Trinajstić information content (AvgIpc) is 2.08. The Balaban J connectivity index is 3.42. The number of carbonyl (C=O) groups is 1. The van der Waals surface area contributed by atoms with E-state index in [1.807, 2.05) is 0 Å². The first-order chi connectivity index (χ1) is 6.16. The van der Waals surface area contributed by atoms with E-state index in [9.17, 15) is 4.79 Å². The summed E-state index contributed by atoms with van der Waals surface area (Å²) in [6.07, 6.45) is 2.75. The molecule has 6 nitrogen and oxygen atoms in total. The zero-order valence-electron chi connectivity index (χ0n) is 7.21. The van der Waals surface area contributed by atoms with Gasteiger partial charge in [-0.05, 0) is 6.08 Å². The molecule has 0 aromatic heterocycles. The van der Waals surface area contributed by atoms with Crippen molar-refractivity contribution in [1.29, 1.82) is 5.41 Å². The first-order valence-corrected chi connectivity index (χ1v) is 3.78. The van der Waals surface area contributed by atoms with E-state index < -0.39 is 0 Å². The molecule has 0 aliphatic heterocycles. The molecule has 6 N–H and O–H groups in total. The Hall–Kier alpha value is -1.56. The lowest BCUT2D eigenvalue weighted by Gasteiger charge is -2.01. The van der Waals surface area contributed by atoms with Crippen LogP contribution in [-0.2, 0) is 4.79 Å². The minimum atomic E-state index is -0.220. The number of hydrogen-bond donors (Lipinski definition) is 5. The van der Waals surface area contributed by atoms with E-state index >= 15 is 0 Å². The fourth-order valence-corrected chi connectivity index (χ4v) is 0.558. The first kappa shape index (κ1) is 11.4. The average molecular weight is 186 g/mol. The normalized spacial score (nSPS) is 9.92. The number of nitrogens with one attached hydrogen (secondary N) is 3. The number of amides is 1. The molecule has 6 heteroatoms. The number of rotatable bonds is 6. The van der Waals surface area contributed by atoms with Gasteiger partial charge in [-0.15, -0.1) is 0 Å². The van der Waals surface area contributed by atoms with Crippen LogP contribution in [-0.4, -0.2) is 36.5 Å². The van der Waals surface area contributed by atoms with Gasteiger partial charge in [-0.3, -0.25) is 10.2 Å². The van der Waals surface area contributed by atoms with Crippen LogP contribution < -0.4 is 16.4 Å².